The first kappa shape index (κ1) is 18.8. The van der Waals surface area contributed by atoms with E-state index in [1.807, 2.05) is 24.3 Å². The highest BCUT2D eigenvalue weighted by molar-refractivity contribution is 7.20. The molecule has 2 amide bonds. The minimum Gasteiger partial charge on any atom is -0.293 e. The Hall–Kier alpha value is -3.23. The lowest BCUT2D eigenvalue weighted by Gasteiger charge is -2.15. The van der Waals surface area contributed by atoms with Gasteiger partial charge in [0.05, 0.1) is 27.4 Å². The number of para-hydroxylation sites is 1. The molecular formula is C21H15ClN4O3S. The van der Waals surface area contributed by atoms with Gasteiger partial charge < -0.3 is 0 Å². The van der Waals surface area contributed by atoms with Gasteiger partial charge in [0.25, 0.3) is 5.56 Å². The summed E-state index contributed by atoms with van der Waals surface area (Å²) in [7, 11) is 0. The molecule has 0 unspecified atom stereocenters. The first-order valence-corrected chi connectivity index (χ1v) is 10.4. The molecule has 9 heteroatoms. The van der Waals surface area contributed by atoms with Crippen molar-refractivity contribution in [2.45, 2.75) is 19.3 Å². The van der Waals surface area contributed by atoms with Gasteiger partial charge in [-0.1, -0.05) is 41.1 Å². The summed E-state index contributed by atoms with van der Waals surface area (Å²) in [6, 6.07) is 14.1. The molecule has 150 valence electrons. The van der Waals surface area contributed by atoms with E-state index < -0.39 is 11.8 Å². The third-order valence-electron chi connectivity index (χ3n) is 5.15. The van der Waals surface area contributed by atoms with Gasteiger partial charge in [-0.3, -0.25) is 19.5 Å². The normalized spacial score (nSPS) is 16.7. The predicted octanol–water partition coefficient (Wildman–Crippen LogP) is 3.78. The zero-order chi connectivity index (χ0) is 21.0. The second-order valence-corrected chi connectivity index (χ2v) is 8.50. The summed E-state index contributed by atoms with van der Waals surface area (Å²) >= 11 is 7.39. The largest absolute Gasteiger partial charge is 0.293 e. The van der Waals surface area contributed by atoms with E-state index in [-0.39, 0.29) is 23.5 Å². The number of halogens is 1. The number of H-pyrrole nitrogens is 1. The lowest BCUT2D eigenvalue weighted by Crippen LogP contribution is -2.31. The number of thiazole rings is 1. The van der Waals surface area contributed by atoms with Crippen LogP contribution in [-0.2, 0) is 9.59 Å². The highest BCUT2D eigenvalue weighted by atomic mass is 35.5. The average molecular weight is 439 g/mol. The molecule has 1 saturated heterocycles. The highest BCUT2D eigenvalue weighted by Gasteiger charge is 2.43. The van der Waals surface area contributed by atoms with E-state index in [0.717, 1.165) is 15.1 Å². The van der Waals surface area contributed by atoms with Crippen LogP contribution in [0.5, 0.6) is 0 Å². The van der Waals surface area contributed by atoms with Crippen LogP contribution in [0.25, 0.3) is 15.3 Å². The van der Waals surface area contributed by atoms with Crippen molar-refractivity contribution in [1.29, 1.82) is 0 Å². The quantitative estimate of drug-likeness (QED) is 0.493. The van der Waals surface area contributed by atoms with E-state index in [4.69, 9.17) is 11.6 Å². The molecule has 4 aromatic rings. The number of benzene rings is 2. The van der Waals surface area contributed by atoms with Crippen LogP contribution in [0.3, 0.4) is 0 Å². The van der Waals surface area contributed by atoms with Crippen molar-refractivity contribution in [2.24, 2.45) is 0 Å². The summed E-state index contributed by atoms with van der Waals surface area (Å²) in [6.07, 6.45) is -0.0703. The van der Waals surface area contributed by atoms with Crippen LogP contribution in [-0.4, -0.2) is 26.6 Å². The van der Waals surface area contributed by atoms with Crippen molar-refractivity contribution in [3.05, 3.63) is 75.2 Å². The molecule has 1 atom stereocenters. The Labute approximate surface area is 179 Å². The number of nitrogens with one attached hydrogen (secondary N) is 1. The summed E-state index contributed by atoms with van der Waals surface area (Å²) in [5, 5.41) is 3.92. The third kappa shape index (κ3) is 2.88. The second-order valence-electron chi connectivity index (χ2n) is 7.06. The number of anilines is 1. The van der Waals surface area contributed by atoms with Crippen molar-refractivity contribution in [2.75, 3.05) is 4.90 Å². The molecule has 2 aromatic carbocycles. The molecule has 0 bridgehead atoms. The zero-order valence-electron chi connectivity index (χ0n) is 15.8. The highest BCUT2D eigenvalue weighted by Crippen LogP contribution is 2.34. The van der Waals surface area contributed by atoms with Crippen LogP contribution in [0.1, 0.15) is 23.6 Å². The number of rotatable bonds is 3. The zero-order valence-corrected chi connectivity index (χ0v) is 17.3. The fraction of sp³-hybridized carbons (Fsp3) is 0.143. The number of nitrogens with zero attached hydrogens (tertiary/aromatic N) is 3. The van der Waals surface area contributed by atoms with Gasteiger partial charge in [0, 0.05) is 17.1 Å². The number of hydrogen-bond acceptors (Lipinski definition) is 5. The maximum Gasteiger partial charge on any atom is 0.277 e. The Morgan fingerprint density at radius 2 is 1.93 bits per heavy atom. The molecule has 7 nitrogen and oxygen atoms in total. The molecular weight excluding hydrogens is 424 g/mol. The first-order valence-electron chi connectivity index (χ1n) is 9.24. The van der Waals surface area contributed by atoms with Gasteiger partial charge in [-0.25, -0.2) is 9.88 Å². The molecule has 0 aliphatic carbocycles. The number of hydrogen-bond donors (Lipinski definition) is 1. The maximum absolute atomic E-state index is 13.2. The van der Waals surface area contributed by atoms with Gasteiger partial charge in [0.2, 0.25) is 16.9 Å². The Morgan fingerprint density at radius 3 is 2.70 bits per heavy atom. The van der Waals surface area contributed by atoms with Gasteiger partial charge in [0.1, 0.15) is 0 Å². The molecule has 0 spiro atoms. The molecule has 5 rings (SSSR count). The monoisotopic (exact) mass is 438 g/mol. The van der Waals surface area contributed by atoms with Crippen LogP contribution >= 0.6 is 22.9 Å². The number of amides is 2. The molecule has 0 radical (unpaired) electrons. The molecule has 1 N–H and O–H groups in total. The fourth-order valence-corrected chi connectivity index (χ4v) is 4.91. The second kappa shape index (κ2) is 6.93. The Bertz CT molecular complexity index is 1350. The van der Waals surface area contributed by atoms with Crippen LogP contribution < -0.4 is 10.5 Å². The molecule has 2 aromatic heterocycles. The number of aromatic nitrogens is 3. The molecule has 3 heterocycles. The number of carbonyl (C=O) groups excluding carboxylic acids is 2. The van der Waals surface area contributed by atoms with Gasteiger partial charge in [-0.15, -0.1) is 0 Å². The van der Waals surface area contributed by atoms with Gasteiger partial charge >= 0.3 is 0 Å². The molecule has 1 aliphatic heterocycles. The standard InChI is InChI=1S/C21H15ClN4O3S/c1-11-18(14-10-17(27)25(19(14)28)13-6-4-5-12(22)9-13)20(29)26(24-11)21-23-15-7-2-3-8-16(15)30-21/h2-9,14,24H,10H2,1H3/t14-/m0/s1. The predicted molar refractivity (Wildman–Crippen MR) is 116 cm³/mol. The summed E-state index contributed by atoms with van der Waals surface area (Å²) in [4.78, 5) is 44.5. The van der Waals surface area contributed by atoms with Crippen molar-refractivity contribution >= 4 is 50.7 Å². The smallest absolute Gasteiger partial charge is 0.277 e. The minimum atomic E-state index is -0.851. The van der Waals surface area contributed by atoms with Crippen molar-refractivity contribution in [3.8, 4) is 5.13 Å². The Kier molecular flexibility index (Phi) is 4.34. The first-order chi connectivity index (χ1) is 14.4. The van der Waals surface area contributed by atoms with E-state index >= 15 is 0 Å². The summed E-state index contributed by atoms with van der Waals surface area (Å²) in [5.41, 5.74) is 1.65. The van der Waals surface area contributed by atoms with Gasteiger partial charge in [0.15, 0.2) is 0 Å². The van der Waals surface area contributed by atoms with E-state index in [1.54, 1.807) is 31.2 Å². The van der Waals surface area contributed by atoms with Crippen LogP contribution in [0.2, 0.25) is 5.02 Å². The van der Waals surface area contributed by atoms with Crippen LogP contribution in [0.4, 0.5) is 5.69 Å². The number of aromatic amines is 1. The summed E-state index contributed by atoms with van der Waals surface area (Å²) in [6.45, 7) is 1.72. The lowest BCUT2D eigenvalue weighted by atomic mass is 9.98. The van der Waals surface area contributed by atoms with Crippen molar-refractivity contribution < 1.29 is 9.59 Å². The van der Waals surface area contributed by atoms with Gasteiger partial charge in [-0.2, -0.15) is 4.68 Å². The average Bonchev–Trinajstić information content (AvgIpc) is 3.35. The van der Waals surface area contributed by atoms with Crippen LogP contribution in [0, 0.1) is 6.92 Å². The van der Waals surface area contributed by atoms with E-state index in [2.05, 4.69) is 10.1 Å². The van der Waals surface area contributed by atoms with Crippen molar-refractivity contribution in [3.63, 3.8) is 0 Å². The number of imide groups is 1. The Morgan fingerprint density at radius 1 is 1.13 bits per heavy atom. The minimum absolute atomic E-state index is 0.0703. The fourth-order valence-electron chi connectivity index (χ4n) is 3.80. The van der Waals surface area contributed by atoms with E-state index in [9.17, 15) is 14.4 Å². The molecule has 0 saturated carbocycles. The van der Waals surface area contributed by atoms with E-state index in [1.165, 1.54) is 16.0 Å². The maximum atomic E-state index is 13.2. The Balaban J connectivity index is 1.56. The summed E-state index contributed by atoms with van der Waals surface area (Å²) in [5.74, 6) is -1.65. The molecule has 30 heavy (non-hydrogen) atoms. The van der Waals surface area contributed by atoms with Crippen LogP contribution in [0.15, 0.2) is 53.3 Å². The number of aryl methyl sites for hydroxylation is 1. The van der Waals surface area contributed by atoms with E-state index in [0.29, 0.717) is 21.5 Å². The SMILES string of the molecule is Cc1[nH]n(-c2nc3ccccc3s2)c(=O)c1[C@@H]1CC(=O)N(c2cccc(Cl)c2)C1=O. The lowest BCUT2D eigenvalue weighted by molar-refractivity contribution is -0.121. The third-order valence-corrected chi connectivity index (χ3v) is 6.41. The topological polar surface area (TPSA) is 88.1 Å². The summed E-state index contributed by atoms with van der Waals surface area (Å²) < 4.78 is 2.29. The number of fused-ring (bicyclic) bond motifs is 1. The van der Waals surface area contributed by atoms with Crippen molar-refractivity contribution in [1.82, 2.24) is 14.8 Å². The van der Waals surface area contributed by atoms with Gasteiger partial charge in [-0.05, 0) is 37.3 Å². The molecule has 1 aliphatic rings. The number of carbonyl (C=O) groups is 2. The molecule has 1 fully saturated rings.